The maximum atomic E-state index is 10.7. The molecule has 3 fully saturated rings. The Morgan fingerprint density at radius 3 is 2.65 bits per heavy atom. The van der Waals surface area contributed by atoms with Gasteiger partial charge in [-0.2, -0.15) is 0 Å². The van der Waals surface area contributed by atoms with Crippen LogP contribution in [0.1, 0.15) is 19.3 Å². The number of nitrogens with zero attached hydrogens (tertiary/aromatic N) is 3. The van der Waals surface area contributed by atoms with Gasteiger partial charge in [0.05, 0.1) is 11.8 Å². The van der Waals surface area contributed by atoms with Crippen LogP contribution in [0.3, 0.4) is 0 Å². The molecule has 5 nitrogen and oxygen atoms in total. The predicted octanol–water partition coefficient (Wildman–Crippen LogP) is 0.389. The van der Waals surface area contributed by atoms with Crippen LogP contribution in [0, 0.1) is 11.8 Å². The molecule has 0 unspecified atom stereocenters. The van der Waals surface area contributed by atoms with Crippen LogP contribution in [0.4, 0.5) is 0 Å². The lowest BCUT2D eigenvalue weighted by molar-refractivity contribution is -0.119. The number of amides is 1. The van der Waals surface area contributed by atoms with Crippen LogP contribution in [0.25, 0.3) is 0 Å². The minimum atomic E-state index is 0.340. The van der Waals surface area contributed by atoms with Crippen molar-refractivity contribution in [2.24, 2.45) is 17.0 Å². The van der Waals surface area contributed by atoms with Gasteiger partial charge in [0, 0.05) is 32.1 Å². The van der Waals surface area contributed by atoms with Crippen molar-refractivity contribution < 1.29 is 10.0 Å². The molecule has 2 saturated carbocycles. The molecule has 1 saturated heterocycles. The highest BCUT2D eigenvalue weighted by atomic mass is 16.4. The molecule has 0 spiro atoms. The van der Waals surface area contributed by atoms with E-state index in [0.29, 0.717) is 17.9 Å². The molecule has 0 aromatic rings. The third-order valence-electron chi connectivity index (χ3n) is 4.65. The predicted molar refractivity (Wildman–Crippen MR) is 63.1 cm³/mol. The summed E-state index contributed by atoms with van der Waals surface area (Å²) in [5.41, 5.74) is 1.00. The molecule has 2 aliphatic carbocycles. The summed E-state index contributed by atoms with van der Waals surface area (Å²) >= 11 is 0. The van der Waals surface area contributed by atoms with E-state index in [1.54, 1.807) is 0 Å². The van der Waals surface area contributed by atoms with Crippen LogP contribution in [0.2, 0.25) is 0 Å². The monoisotopic (exact) mass is 237 g/mol. The zero-order valence-electron chi connectivity index (χ0n) is 9.96. The van der Waals surface area contributed by atoms with Crippen molar-refractivity contribution in [3.8, 4) is 0 Å². The number of carbonyl (C=O) groups excluding carboxylic acids is 1. The molecule has 1 heterocycles. The molecule has 3 rings (SSSR count). The van der Waals surface area contributed by atoms with E-state index in [1.165, 1.54) is 19.3 Å². The highest BCUT2D eigenvalue weighted by Gasteiger charge is 2.48. The Labute approximate surface area is 101 Å². The van der Waals surface area contributed by atoms with Crippen molar-refractivity contribution in [3.63, 3.8) is 0 Å². The summed E-state index contributed by atoms with van der Waals surface area (Å²) in [5.74, 6) is 1.19. The largest absolute Gasteiger partial charge is 0.411 e. The second kappa shape index (κ2) is 4.29. The second-order valence-electron chi connectivity index (χ2n) is 5.42. The summed E-state index contributed by atoms with van der Waals surface area (Å²) in [6, 6.07) is 0.340. The number of rotatable bonds is 2. The Morgan fingerprint density at radius 2 is 2.00 bits per heavy atom. The first-order valence-electron chi connectivity index (χ1n) is 6.48. The van der Waals surface area contributed by atoms with E-state index in [4.69, 9.17) is 0 Å². The van der Waals surface area contributed by atoms with Gasteiger partial charge in [0.25, 0.3) is 0 Å². The van der Waals surface area contributed by atoms with E-state index in [1.807, 2.05) is 4.90 Å². The highest BCUT2D eigenvalue weighted by Crippen LogP contribution is 2.45. The van der Waals surface area contributed by atoms with Crippen molar-refractivity contribution in [3.05, 3.63) is 0 Å². The first-order valence-corrected chi connectivity index (χ1v) is 6.48. The van der Waals surface area contributed by atoms with Crippen molar-refractivity contribution >= 4 is 12.1 Å². The zero-order chi connectivity index (χ0) is 11.8. The molecule has 0 radical (unpaired) electrons. The lowest BCUT2D eigenvalue weighted by Gasteiger charge is -2.39. The molecule has 3 atom stereocenters. The molecule has 17 heavy (non-hydrogen) atoms. The number of carbonyl (C=O) groups is 1. The smallest absolute Gasteiger partial charge is 0.209 e. The van der Waals surface area contributed by atoms with Gasteiger partial charge >= 0.3 is 0 Å². The normalized spacial score (nSPS) is 40.1. The Morgan fingerprint density at radius 1 is 1.24 bits per heavy atom. The standard InChI is InChI=1S/C12H19N3O2/c16-8-14-3-5-15(6-4-14)12-10-2-1-9(7-10)11(12)13-17/h8-10,12,17H,1-7H2/b13-11+/t9-,10-,12+/m0/s1. The van der Waals surface area contributed by atoms with Gasteiger partial charge in [0.15, 0.2) is 0 Å². The van der Waals surface area contributed by atoms with E-state index in [2.05, 4.69) is 10.1 Å². The maximum Gasteiger partial charge on any atom is 0.209 e. The first kappa shape index (κ1) is 11.0. The van der Waals surface area contributed by atoms with Gasteiger partial charge in [0.1, 0.15) is 0 Å². The van der Waals surface area contributed by atoms with Gasteiger partial charge in [-0.3, -0.25) is 9.69 Å². The fourth-order valence-electron chi connectivity index (χ4n) is 3.80. The van der Waals surface area contributed by atoms with Crippen LogP contribution < -0.4 is 0 Å². The molecule has 0 aromatic heterocycles. The third kappa shape index (κ3) is 1.73. The van der Waals surface area contributed by atoms with E-state index in [-0.39, 0.29) is 0 Å². The molecule has 1 aliphatic heterocycles. The Kier molecular flexibility index (Phi) is 2.78. The van der Waals surface area contributed by atoms with Crippen LogP contribution in [0.15, 0.2) is 5.16 Å². The molecule has 5 heteroatoms. The fraction of sp³-hybridized carbons (Fsp3) is 0.833. The van der Waals surface area contributed by atoms with Gasteiger partial charge in [0.2, 0.25) is 6.41 Å². The topological polar surface area (TPSA) is 56.1 Å². The number of piperazine rings is 1. The van der Waals surface area contributed by atoms with Gasteiger partial charge in [-0.1, -0.05) is 5.16 Å². The Hall–Kier alpha value is -1.10. The summed E-state index contributed by atoms with van der Waals surface area (Å²) in [4.78, 5) is 14.9. The maximum absolute atomic E-state index is 10.7. The van der Waals surface area contributed by atoms with Crippen LogP contribution in [0.5, 0.6) is 0 Å². The average Bonchev–Trinajstić information content (AvgIpc) is 2.98. The number of hydrogen-bond donors (Lipinski definition) is 1. The lowest BCUT2D eigenvalue weighted by atomic mass is 9.91. The lowest BCUT2D eigenvalue weighted by Crippen LogP contribution is -2.54. The minimum Gasteiger partial charge on any atom is -0.411 e. The van der Waals surface area contributed by atoms with Gasteiger partial charge in [-0.15, -0.1) is 0 Å². The van der Waals surface area contributed by atoms with Crippen LogP contribution >= 0.6 is 0 Å². The van der Waals surface area contributed by atoms with Crippen molar-refractivity contribution in [2.45, 2.75) is 25.3 Å². The summed E-state index contributed by atoms with van der Waals surface area (Å²) < 4.78 is 0. The first-order chi connectivity index (χ1) is 8.33. The molecule has 1 amide bonds. The Balaban J connectivity index is 1.70. The molecule has 0 aromatic carbocycles. The van der Waals surface area contributed by atoms with Gasteiger partial charge in [-0.05, 0) is 25.2 Å². The van der Waals surface area contributed by atoms with Crippen molar-refractivity contribution in [1.82, 2.24) is 9.80 Å². The molecule has 94 valence electrons. The minimum absolute atomic E-state index is 0.340. The van der Waals surface area contributed by atoms with E-state index >= 15 is 0 Å². The van der Waals surface area contributed by atoms with E-state index in [0.717, 1.165) is 38.3 Å². The number of oxime groups is 1. The van der Waals surface area contributed by atoms with Crippen LogP contribution in [-0.2, 0) is 4.79 Å². The van der Waals surface area contributed by atoms with Crippen LogP contribution in [-0.4, -0.2) is 59.3 Å². The highest BCUT2D eigenvalue weighted by molar-refractivity contribution is 5.94. The summed E-state index contributed by atoms with van der Waals surface area (Å²) in [7, 11) is 0. The van der Waals surface area contributed by atoms with Gasteiger partial charge in [-0.25, -0.2) is 0 Å². The van der Waals surface area contributed by atoms with Gasteiger partial charge < -0.3 is 10.1 Å². The molecule has 1 N–H and O–H groups in total. The second-order valence-corrected chi connectivity index (χ2v) is 5.42. The quantitative estimate of drug-likeness (QED) is 0.429. The molecular weight excluding hydrogens is 218 g/mol. The zero-order valence-corrected chi connectivity index (χ0v) is 9.96. The molecule has 2 bridgehead atoms. The summed E-state index contributed by atoms with van der Waals surface area (Å²) in [5, 5.41) is 12.7. The number of fused-ring (bicyclic) bond motifs is 2. The SMILES string of the molecule is O=CN1CCN([C@H]2/C(=N/O)[C@H]3CC[C@H]2C3)CC1. The number of hydrogen-bond acceptors (Lipinski definition) is 4. The van der Waals surface area contributed by atoms with E-state index < -0.39 is 0 Å². The summed E-state index contributed by atoms with van der Waals surface area (Å²) in [6.45, 7) is 3.42. The Bertz CT molecular complexity index is 337. The van der Waals surface area contributed by atoms with E-state index in [9.17, 15) is 10.0 Å². The molecule has 3 aliphatic rings. The van der Waals surface area contributed by atoms with Crippen molar-refractivity contribution in [2.75, 3.05) is 26.2 Å². The summed E-state index contributed by atoms with van der Waals surface area (Å²) in [6.07, 6.45) is 4.58. The van der Waals surface area contributed by atoms with Crippen molar-refractivity contribution in [1.29, 1.82) is 0 Å². The average molecular weight is 237 g/mol. The molecular formula is C12H19N3O2. The third-order valence-corrected chi connectivity index (χ3v) is 4.65. The fourth-order valence-corrected chi connectivity index (χ4v) is 3.80.